The van der Waals surface area contributed by atoms with E-state index in [1.165, 1.54) is 0 Å². The largest absolute Gasteiger partial charge is 0.405 e. The maximum atomic E-state index is 14.3. The van der Waals surface area contributed by atoms with E-state index in [4.69, 9.17) is 0 Å². The summed E-state index contributed by atoms with van der Waals surface area (Å²) in [7, 11) is 0. The Balaban J connectivity index is 1.75. The van der Waals surface area contributed by atoms with Gasteiger partial charge in [0.1, 0.15) is 18.4 Å². The van der Waals surface area contributed by atoms with Crippen molar-refractivity contribution in [3.05, 3.63) is 11.6 Å². The lowest BCUT2D eigenvalue weighted by atomic mass is 9.35. The molecule has 0 aliphatic heterocycles. The molecule has 4 rings (SSSR count). The quantitative estimate of drug-likeness (QED) is 0.352. The lowest BCUT2D eigenvalue weighted by Gasteiger charge is -2.68. The van der Waals surface area contributed by atoms with Gasteiger partial charge in [-0.05, 0) is 90.3 Å². The van der Waals surface area contributed by atoms with Crippen LogP contribution in [0.25, 0.3) is 0 Å². The molecule has 4 aliphatic carbocycles. The van der Waals surface area contributed by atoms with Crippen molar-refractivity contribution in [2.75, 3.05) is 6.54 Å². The first-order valence-corrected chi connectivity index (χ1v) is 16.1. The van der Waals surface area contributed by atoms with E-state index in [2.05, 4.69) is 46.0 Å². The number of carbonyl (C=O) groups excluding carboxylic acids is 3. The van der Waals surface area contributed by atoms with E-state index in [0.29, 0.717) is 19.3 Å². The van der Waals surface area contributed by atoms with Gasteiger partial charge < -0.3 is 5.32 Å². The summed E-state index contributed by atoms with van der Waals surface area (Å²) in [5.41, 5.74) is -2.30. The molecule has 43 heavy (non-hydrogen) atoms. The molecule has 0 saturated heterocycles. The van der Waals surface area contributed by atoms with Gasteiger partial charge in [0.05, 0.1) is 5.57 Å². The monoisotopic (exact) mass is 604 g/mol. The molecule has 0 bridgehead atoms. The predicted octanol–water partition coefficient (Wildman–Crippen LogP) is 8.13. The summed E-state index contributed by atoms with van der Waals surface area (Å²) in [6.45, 7) is 15.7. The van der Waals surface area contributed by atoms with E-state index in [-0.39, 0.29) is 52.1 Å². The molecular formula is C35H51F3N2O3. The topological polar surface area (TPSA) is 87.0 Å². The first kappa shape index (κ1) is 33.7. The number of rotatable bonds is 3. The number of Topliss-reactive ketones (excluding diaryl/α,β-unsaturated/α-hetero) is 2. The number of nitrogens with one attached hydrogen (secondary N) is 1. The summed E-state index contributed by atoms with van der Waals surface area (Å²) in [5, 5.41) is 12.0. The van der Waals surface area contributed by atoms with Gasteiger partial charge in [-0.15, -0.1) is 0 Å². The number of hydrogen-bond donors (Lipinski definition) is 1. The van der Waals surface area contributed by atoms with Crippen LogP contribution in [0.15, 0.2) is 11.6 Å². The van der Waals surface area contributed by atoms with Crippen LogP contribution in [0.3, 0.4) is 0 Å². The fourth-order valence-corrected chi connectivity index (χ4v) is 10.1. The Labute approximate surface area is 255 Å². The maximum Gasteiger partial charge on any atom is 0.405 e. The van der Waals surface area contributed by atoms with E-state index in [1.807, 2.05) is 26.8 Å². The van der Waals surface area contributed by atoms with Crippen molar-refractivity contribution >= 4 is 17.5 Å². The van der Waals surface area contributed by atoms with Crippen LogP contribution in [-0.4, -0.2) is 30.2 Å². The standard InChI is InChI=1S/C35H51F3N2O3/c1-29(2)11-9-23-24(41)17-26-32(6)18-22(20-39)28(43)30(3,4)25(32)10-12-34(26,8)33(23,7)16-15-31(5,14-13-29)19-27(42)40-21-35(36,37)38/h18,23,25-26H,9-17,19,21H2,1-8H3,(H,40,42)/t23?,25-,26+,31-,32-,33+,34+/m0/s1. The van der Waals surface area contributed by atoms with Crippen LogP contribution < -0.4 is 5.32 Å². The van der Waals surface area contributed by atoms with Crippen LogP contribution in [0, 0.1) is 61.6 Å². The molecule has 0 heterocycles. The smallest absolute Gasteiger partial charge is 0.347 e. The Morgan fingerprint density at radius 2 is 1.53 bits per heavy atom. The van der Waals surface area contributed by atoms with Crippen LogP contribution in [0.2, 0.25) is 0 Å². The molecule has 0 spiro atoms. The maximum absolute atomic E-state index is 14.3. The molecule has 1 unspecified atom stereocenters. The second-order valence-electron chi connectivity index (χ2n) is 16.9. The van der Waals surface area contributed by atoms with E-state index in [9.17, 15) is 32.8 Å². The average molecular weight is 605 g/mol. The highest BCUT2D eigenvalue weighted by molar-refractivity contribution is 6.04. The van der Waals surface area contributed by atoms with Gasteiger partial charge in [0.25, 0.3) is 0 Å². The number of amides is 1. The van der Waals surface area contributed by atoms with E-state index < -0.39 is 40.3 Å². The zero-order valence-electron chi connectivity index (χ0n) is 27.4. The molecular weight excluding hydrogens is 553 g/mol. The van der Waals surface area contributed by atoms with Crippen molar-refractivity contribution in [1.29, 1.82) is 5.26 Å². The highest BCUT2D eigenvalue weighted by Crippen LogP contribution is 2.72. The van der Waals surface area contributed by atoms with Gasteiger partial charge in [-0.25, -0.2) is 0 Å². The summed E-state index contributed by atoms with van der Waals surface area (Å²) < 4.78 is 38.6. The molecule has 1 N–H and O–H groups in total. The molecule has 4 aliphatic rings. The van der Waals surface area contributed by atoms with E-state index >= 15 is 0 Å². The third kappa shape index (κ3) is 5.84. The van der Waals surface area contributed by atoms with E-state index in [1.54, 1.807) is 0 Å². The van der Waals surface area contributed by atoms with Crippen LogP contribution in [0.5, 0.6) is 0 Å². The average Bonchev–Trinajstić information content (AvgIpc) is 2.88. The number of allylic oxidation sites excluding steroid dienone is 2. The number of hydrogen-bond acceptors (Lipinski definition) is 4. The molecule has 3 saturated carbocycles. The highest BCUT2D eigenvalue weighted by Gasteiger charge is 2.68. The van der Waals surface area contributed by atoms with Crippen LogP contribution in [0.1, 0.15) is 120 Å². The van der Waals surface area contributed by atoms with Gasteiger partial charge in [0.15, 0.2) is 5.78 Å². The third-order valence-corrected chi connectivity index (χ3v) is 13.2. The number of nitriles is 1. The van der Waals surface area contributed by atoms with Crippen LogP contribution in [0.4, 0.5) is 13.2 Å². The number of halogens is 3. The van der Waals surface area contributed by atoms with Crippen molar-refractivity contribution in [2.45, 2.75) is 126 Å². The fraction of sp³-hybridized carbons (Fsp3) is 0.829. The SMILES string of the molecule is CC1(C)CCC2C(=O)C[C@@H]3[C@@]4(C)C=C(C#N)C(=O)C(C)(C)[C@@H]4CC[C@@]3(C)[C@]2(C)CC[C@@](C)(CC(=O)NCC(F)(F)F)CC1. The number of carbonyl (C=O) groups is 3. The number of fused-ring (bicyclic) bond motifs is 5. The second kappa shape index (κ2) is 10.7. The van der Waals surface area contributed by atoms with Gasteiger partial charge in [0.2, 0.25) is 5.91 Å². The van der Waals surface area contributed by atoms with Crippen molar-refractivity contribution in [2.24, 2.45) is 50.2 Å². The molecule has 3 fully saturated rings. The molecule has 0 aromatic carbocycles. The van der Waals surface area contributed by atoms with Crippen LogP contribution >= 0.6 is 0 Å². The highest BCUT2D eigenvalue weighted by atomic mass is 19.4. The van der Waals surface area contributed by atoms with Gasteiger partial charge in [0, 0.05) is 24.2 Å². The number of alkyl halides is 3. The number of nitrogens with zero attached hydrogens (tertiary/aromatic N) is 1. The van der Waals surface area contributed by atoms with Crippen molar-refractivity contribution in [1.82, 2.24) is 5.32 Å². The Morgan fingerprint density at radius 3 is 2.14 bits per heavy atom. The lowest BCUT2D eigenvalue weighted by Crippen LogP contribution is -2.65. The molecule has 1 amide bonds. The summed E-state index contributed by atoms with van der Waals surface area (Å²) in [5.74, 6) is -0.664. The zero-order chi connectivity index (χ0) is 32.4. The summed E-state index contributed by atoms with van der Waals surface area (Å²) in [6, 6.07) is 2.16. The summed E-state index contributed by atoms with van der Waals surface area (Å²) in [4.78, 5) is 40.4. The molecule has 0 aromatic rings. The Bertz CT molecular complexity index is 1250. The molecule has 5 nitrogen and oxygen atoms in total. The minimum absolute atomic E-state index is 0.0108. The van der Waals surface area contributed by atoms with Crippen molar-refractivity contribution in [3.63, 3.8) is 0 Å². The second-order valence-corrected chi connectivity index (χ2v) is 16.9. The Morgan fingerprint density at radius 1 is 0.907 bits per heavy atom. The first-order chi connectivity index (χ1) is 19.5. The molecule has 8 heteroatoms. The summed E-state index contributed by atoms with van der Waals surface area (Å²) >= 11 is 0. The van der Waals surface area contributed by atoms with Crippen molar-refractivity contribution in [3.8, 4) is 6.07 Å². The van der Waals surface area contributed by atoms with Gasteiger partial charge in [-0.2, -0.15) is 18.4 Å². The Hall–Kier alpha value is -2.17. The first-order valence-electron chi connectivity index (χ1n) is 16.1. The molecule has 240 valence electrons. The van der Waals surface area contributed by atoms with Gasteiger partial charge in [-0.3, -0.25) is 14.4 Å². The number of ketones is 2. The normalized spacial score (nSPS) is 41.1. The predicted molar refractivity (Wildman–Crippen MR) is 159 cm³/mol. The fourth-order valence-electron chi connectivity index (χ4n) is 10.1. The van der Waals surface area contributed by atoms with Gasteiger partial charge >= 0.3 is 6.18 Å². The molecule has 7 atom stereocenters. The minimum Gasteiger partial charge on any atom is -0.347 e. The molecule has 0 radical (unpaired) electrons. The Kier molecular flexibility index (Phi) is 8.41. The van der Waals surface area contributed by atoms with Gasteiger partial charge in [-0.1, -0.05) is 61.5 Å². The lowest BCUT2D eigenvalue weighted by molar-refractivity contribution is -0.192. The third-order valence-electron chi connectivity index (χ3n) is 13.2. The minimum atomic E-state index is -4.46. The van der Waals surface area contributed by atoms with Crippen molar-refractivity contribution < 1.29 is 27.6 Å². The zero-order valence-corrected chi connectivity index (χ0v) is 27.4. The van der Waals surface area contributed by atoms with Crippen LogP contribution in [-0.2, 0) is 14.4 Å². The molecule has 0 aromatic heterocycles. The summed E-state index contributed by atoms with van der Waals surface area (Å²) in [6.07, 6.45) is 4.06. The van der Waals surface area contributed by atoms with E-state index in [0.717, 1.165) is 38.5 Å².